The van der Waals surface area contributed by atoms with E-state index in [1.165, 1.54) is 42.8 Å². The van der Waals surface area contributed by atoms with Gasteiger partial charge in [-0.15, -0.1) is 11.3 Å². The Bertz CT molecular complexity index is 704. The van der Waals surface area contributed by atoms with Crippen molar-refractivity contribution < 1.29 is 4.79 Å². The zero-order chi connectivity index (χ0) is 16.9. The van der Waals surface area contributed by atoms with Gasteiger partial charge in [-0.1, -0.05) is 29.8 Å². The molecule has 0 aliphatic carbocycles. The lowest BCUT2D eigenvalue weighted by Gasteiger charge is -2.12. The lowest BCUT2D eigenvalue weighted by molar-refractivity contribution is 0.0954. The maximum absolute atomic E-state index is 12.4. The van der Waals surface area contributed by atoms with Crippen molar-refractivity contribution in [3.05, 3.63) is 51.0 Å². The Kier molecular flexibility index (Phi) is 5.63. The van der Waals surface area contributed by atoms with Crippen LogP contribution < -0.4 is 5.32 Å². The molecule has 0 spiro atoms. The molecule has 1 N–H and O–H groups in total. The van der Waals surface area contributed by atoms with E-state index in [4.69, 9.17) is 0 Å². The Morgan fingerprint density at radius 3 is 2.83 bits per heavy atom. The number of nitrogens with one attached hydrogen (secondary N) is 1. The van der Waals surface area contributed by atoms with Gasteiger partial charge in [0.1, 0.15) is 4.88 Å². The number of amides is 1. The van der Waals surface area contributed by atoms with Crippen molar-refractivity contribution in [2.45, 2.75) is 39.7 Å². The predicted octanol–water partition coefficient (Wildman–Crippen LogP) is 3.33. The summed E-state index contributed by atoms with van der Waals surface area (Å²) < 4.78 is 0. The Balaban J connectivity index is 1.56. The van der Waals surface area contributed by atoms with Crippen LogP contribution in [-0.4, -0.2) is 35.4 Å². The minimum Gasteiger partial charge on any atom is -0.347 e. The zero-order valence-corrected chi connectivity index (χ0v) is 15.3. The molecule has 1 saturated heterocycles. The van der Waals surface area contributed by atoms with Crippen molar-refractivity contribution in [1.82, 2.24) is 15.2 Å². The van der Waals surface area contributed by atoms with Gasteiger partial charge in [0.25, 0.3) is 5.91 Å². The molecule has 5 heteroatoms. The van der Waals surface area contributed by atoms with E-state index in [1.54, 1.807) is 0 Å². The second kappa shape index (κ2) is 7.90. The van der Waals surface area contributed by atoms with E-state index in [-0.39, 0.29) is 5.91 Å². The van der Waals surface area contributed by atoms with Crippen LogP contribution >= 0.6 is 11.3 Å². The highest BCUT2D eigenvalue weighted by molar-refractivity contribution is 7.13. The van der Waals surface area contributed by atoms with Gasteiger partial charge in [-0.05, 0) is 45.3 Å². The van der Waals surface area contributed by atoms with Crippen molar-refractivity contribution in [3.63, 3.8) is 0 Å². The summed E-state index contributed by atoms with van der Waals surface area (Å²) in [6.07, 6.45) is 3.56. The van der Waals surface area contributed by atoms with Gasteiger partial charge in [0, 0.05) is 19.5 Å². The molecule has 0 atom stereocenters. The van der Waals surface area contributed by atoms with E-state index in [2.05, 4.69) is 34.3 Å². The molecule has 1 fully saturated rings. The Morgan fingerprint density at radius 2 is 2.08 bits per heavy atom. The van der Waals surface area contributed by atoms with E-state index in [0.717, 1.165) is 34.1 Å². The van der Waals surface area contributed by atoms with E-state index in [1.807, 2.05) is 19.1 Å². The van der Waals surface area contributed by atoms with Crippen LogP contribution in [0.4, 0.5) is 0 Å². The van der Waals surface area contributed by atoms with Gasteiger partial charge in [-0.2, -0.15) is 0 Å². The smallest absolute Gasteiger partial charge is 0.263 e. The molecule has 4 nitrogen and oxygen atoms in total. The fourth-order valence-corrected chi connectivity index (χ4v) is 4.08. The van der Waals surface area contributed by atoms with Gasteiger partial charge in [0.2, 0.25) is 0 Å². The molecule has 0 unspecified atom stereocenters. The van der Waals surface area contributed by atoms with Crippen molar-refractivity contribution in [2.75, 3.05) is 19.6 Å². The first-order valence-corrected chi connectivity index (χ1v) is 9.46. The first-order valence-electron chi connectivity index (χ1n) is 8.64. The first-order chi connectivity index (χ1) is 11.6. The number of carbonyl (C=O) groups excluding carboxylic acids is 1. The lowest BCUT2D eigenvalue weighted by Crippen LogP contribution is -2.22. The fraction of sp³-hybridized carbons (Fsp3) is 0.474. The molecule has 0 radical (unpaired) electrons. The molecule has 3 rings (SSSR count). The zero-order valence-electron chi connectivity index (χ0n) is 14.5. The summed E-state index contributed by atoms with van der Waals surface area (Å²) in [5, 5.41) is 4.08. The number of carbonyl (C=O) groups is 1. The molecular weight excluding hydrogens is 318 g/mol. The third-order valence-corrected chi connectivity index (χ3v) is 5.64. The Labute approximate surface area is 147 Å². The summed E-state index contributed by atoms with van der Waals surface area (Å²) in [5.41, 5.74) is 3.18. The van der Waals surface area contributed by atoms with Crippen LogP contribution in [0.25, 0.3) is 0 Å². The van der Waals surface area contributed by atoms with Crippen molar-refractivity contribution >= 4 is 17.2 Å². The number of hydrogen-bond acceptors (Lipinski definition) is 4. The number of aromatic nitrogens is 1. The van der Waals surface area contributed by atoms with Crippen LogP contribution in [0.15, 0.2) is 24.3 Å². The summed E-state index contributed by atoms with van der Waals surface area (Å²) >= 11 is 1.54. The highest BCUT2D eigenvalue weighted by Crippen LogP contribution is 2.19. The summed E-state index contributed by atoms with van der Waals surface area (Å²) in [6, 6.07) is 8.21. The maximum Gasteiger partial charge on any atom is 0.263 e. The normalized spacial score (nSPS) is 14.9. The third-order valence-electron chi connectivity index (χ3n) is 4.42. The minimum absolute atomic E-state index is 0.0149. The molecule has 0 saturated carbocycles. The summed E-state index contributed by atoms with van der Waals surface area (Å²) in [6.45, 7) is 8.00. The Hall–Kier alpha value is -1.72. The van der Waals surface area contributed by atoms with Gasteiger partial charge < -0.3 is 10.2 Å². The molecular formula is C19H25N3OS. The van der Waals surface area contributed by atoms with Crippen molar-refractivity contribution in [3.8, 4) is 0 Å². The van der Waals surface area contributed by atoms with Gasteiger partial charge in [-0.25, -0.2) is 4.98 Å². The van der Waals surface area contributed by atoms with Crippen LogP contribution in [0.3, 0.4) is 0 Å². The number of rotatable bonds is 6. The van der Waals surface area contributed by atoms with Gasteiger partial charge in [-0.3, -0.25) is 4.79 Å². The SMILES string of the molecule is Cc1cccc(CNC(=O)c2sc(CCN3CCCC3)nc2C)c1. The number of thiazole rings is 1. The highest BCUT2D eigenvalue weighted by Gasteiger charge is 2.17. The molecule has 1 amide bonds. The van der Waals surface area contributed by atoms with Gasteiger partial charge in [0.15, 0.2) is 0 Å². The standard InChI is InChI=1S/C19H25N3OS/c1-14-6-5-7-16(12-14)13-20-19(23)18-15(2)21-17(24-18)8-11-22-9-3-4-10-22/h5-7,12H,3-4,8-11,13H2,1-2H3,(H,20,23). The topological polar surface area (TPSA) is 45.2 Å². The van der Waals surface area contributed by atoms with Gasteiger partial charge >= 0.3 is 0 Å². The molecule has 2 aromatic rings. The molecule has 0 bridgehead atoms. The molecule has 1 aliphatic rings. The van der Waals surface area contributed by atoms with Gasteiger partial charge in [0.05, 0.1) is 10.7 Å². The number of benzene rings is 1. The van der Waals surface area contributed by atoms with Crippen LogP contribution in [0.5, 0.6) is 0 Å². The van der Waals surface area contributed by atoms with E-state index >= 15 is 0 Å². The summed E-state index contributed by atoms with van der Waals surface area (Å²) in [7, 11) is 0. The molecule has 1 aromatic carbocycles. The van der Waals surface area contributed by atoms with Crippen LogP contribution in [-0.2, 0) is 13.0 Å². The van der Waals surface area contributed by atoms with E-state index < -0.39 is 0 Å². The molecule has 128 valence electrons. The van der Waals surface area contributed by atoms with Crippen molar-refractivity contribution in [1.29, 1.82) is 0 Å². The largest absolute Gasteiger partial charge is 0.347 e. The average Bonchev–Trinajstić information content (AvgIpc) is 3.20. The maximum atomic E-state index is 12.4. The van der Waals surface area contributed by atoms with Crippen LogP contribution in [0.1, 0.15) is 44.3 Å². The third kappa shape index (κ3) is 4.42. The minimum atomic E-state index is -0.0149. The van der Waals surface area contributed by atoms with Crippen molar-refractivity contribution in [2.24, 2.45) is 0 Å². The average molecular weight is 343 g/mol. The first kappa shape index (κ1) is 17.1. The monoisotopic (exact) mass is 343 g/mol. The van der Waals surface area contributed by atoms with Crippen LogP contribution in [0, 0.1) is 13.8 Å². The summed E-state index contributed by atoms with van der Waals surface area (Å²) in [5.74, 6) is -0.0149. The van der Waals surface area contributed by atoms with E-state index in [9.17, 15) is 4.79 Å². The molecule has 1 aliphatic heterocycles. The number of likely N-dealkylation sites (tertiary alicyclic amines) is 1. The second-order valence-corrected chi connectivity index (χ2v) is 7.58. The number of nitrogens with zero attached hydrogens (tertiary/aromatic N) is 2. The summed E-state index contributed by atoms with van der Waals surface area (Å²) in [4.78, 5) is 20.3. The molecule has 24 heavy (non-hydrogen) atoms. The number of aryl methyl sites for hydroxylation is 2. The second-order valence-electron chi connectivity index (χ2n) is 6.49. The molecule has 1 aromatic heterocycles. The van der Waals surface area contributed by atoms with E-state index in [0.29, 0.717) is 6.54 Å². The predicted molar refractivity (Wildman–Crippen MR) is 98.6 cm³/mol. The highest BCUT2D eigenvalue weighted by atomic mass is 32.1. The lowest BCUT2D eigenvalue weighted by atomic mass is 10.1. The quantitative estimate of drug-likeness (QED) is 0.875. The Morgan fingerprint density at radius 1 is 1.29 bits per heavy atom. The molecule has 2 heterocycles. The van der Waals surface area contributed by atoms with Crippen LogP contribution in [0.2, 0.25) is 0 Å². The number of hydrogen-bond donors (Lipinski definition) is 1. The fourth-order valence-electron chi connectivity index (χ4n) is 3.11.